The van der Waals surface area contributed by atoms with E-state index in [1.165, 1.54) is 26.2 Å². The number of halogens is 1. The molecule has 0 aliphatic carbocycles. The molecule has 2 amide bonds. The highest BCUT2D eigenvalue weighted by molar-refractivity contribution is 6.00. The van der Waals surface area contributed by atoms with Crippen molar-refractivity contribution in [1.82, 2.24) is 19.9 Å². The predicted molar refractivity (Wildman–Crippen MR) is 115 cm³/mol. The molecule has 0 aromatic carbocycles. The molecule has 0 fully saturated rings. The van der Waals surface area contributed by atoms with Gasteiger partial charge in [-0.3, -0.25) is 14.2 Å². The van der Waals surface area contributed by atoms with E-state index in [0.29, 0.717) is 34.6 Å². The van der Waals surface area contributed by atoms with E-state index < -0.39 is 23.6 Å². The summed E-state index contributed by atoms with van der Waals surface area (Å²) >= 11 is 0. The molecule has 0 aliphatic rings. The fourth-order valence-corrected chi connectivity index (χ4v) is 2.96. The van der Waals surface area contributed by atoms with Gasteiger partial charge in [-0.05, 0) is 32.9 Å². The van der Waals surface area contributed by atoms with Gasteiger partial charge in [0, 0.05) is 36.6 Å². The van der Waals surface area contributed by atoms with Gasteiger partial charge < -0.3 is 21.5 Å². The first-order chi connectivity index (χ1) is 14.6. The SMILES string of the molecule is CCNc1cc(-n2ccc3cc(C(N)=O)cnc32)ncc1C(=O)NC[C@@H](F)C(C)(C)O. The van der Waals surface area contributed by atoms with Gasteiger partial charge in [0.05, 0.1) is 29.0 Å². The summed E-state index contributed by atoms with van der Waals surface area (Å²) < 4.78 is 15.7. The first-order valence-corrected chi connectivity index (χ1v) is 9.77. The number of fused-ring (bicyclic) bond motifs is 1. The minimum Gasteiger partial charge on any atom is -0.387 e. The smallest absolute Gasteiger partial charge is 0.255 e. The Kier molecular flexibility index (Phi) is 6.21. The van der Waals surface area contributed by atoms with Crippen LogP contribution in [0.1, 0.15) is 41.5 Å². The topological polar surface area (TPSA) is 135 Å². The zero-order valence-corrected chi connectivity index (χ0v) is 17.5. The van der Waals surface area contributed by atoms with Crippen LogP contribution >= 0.6 is 0 Å². The Labute approximate surface area is 178 Å². The van der Waals surface area contributed by atoms with Crippen LogP contribution in [-0.4, -0.2) is 56.3 Å². The second-order valence-corrected chi connectivity index (χ2v) is 7.64. The molecule has 0 radical (unpaired) electrons. The van der Waals surface area contributed by atoms with Gasteiger partial charge in [0.1, 0.15) is 17.6 Å². The lowest BCUT2D eigenvalue weighted by Gasteiger charge is -2.22. The number of alkyl halides is 1. The number of rotatable bonds is 8. The fourth-order valence-electron chi connectivity index (χ4n) is 2.96. The molecule has 3 heterocycles. The number of pyridine rings is 2. The molecular weight excluding hydrogens is 403 g/mol. The zero-order valence-electron chi connectivity index (χ0n) is 17.5. The van der Waals surface area contributed by atoms with Crippen molar-refractivity contribution in [2.45, 2.75) is 32.5 Å². The first-order valence-electron chi connectivity index (χ1n) is 9.77. The largest absolute Gasteiger partial charge is 0.387 e. The van der Waals surface area contributed by atoms with Crippen LogP contribution in [0.25, 0.3) is 16.9 Å². The summed E-state index contributed by atoms with van der Waals surface area (Å²) in [5, 5.41) is 16.0. The Morgan fingerprint density at radius 3 is 2.68 bits per heavy atom. The van der Waals surface area contributed by atoms with Crippen molar-refractivity contribution in [3.63, 3.8) is 0 Å². The number of hydrogen-bond acceptors (Lipinski definition) is 6. The highest BCUT2D eigenvalue weighted by Gasteiger charge is 2.27. The molecule has 5 N–H and O–H groups in total. The molecular formula is C21H25FN6O3. The molecule has 0 saturated carbocycles. The van der Waals surface area contributed by atoms with Crippen molar-refractivity contribution >= 4 is 28.5 Å². The monoisotopic (exact) mass is 428 g/mol. The molecule has 3 aromatic heterocycles. The third-order valence-electron chi connectivity index (χ3n) is 4.77. The van der Waals surface area contributed by atoms with E-state index in [4.69, 9.17) is 5.73 Å². The molecule has 3 aromatic rings. The van der Waals surface area contributed by atoms with Gasteiger partial charge in [0.25, 0.3) is 5.91 Å². The molecule has 0 bridgehead atoms. The molecule has 164 valence electrons. The molecule has 10 heteroatoms. The first kappa shape index (κ1) is 22.2. The maximum absolute atomic E-state index is 14.0. The number of carbonyl (C=O) groups excluding carboxylic acids is 2. The summed E-state index contributed by atoms with van der Waals surface area (Å²) in [5.41, 5.74) is 5.38. The summed E-state index contributed by atoms with van der Waals surface area (Å²) in [6.07, 6.45) is 2.92. The van der Waals surface area contributed by atoms with Crippen molar-refractivity contribution < 1.29 is 19.1 Å². The average Bonchev–Trinajstić information content (AvgIpc) is 3.14. The number of carbonyl (C=O) groups is 2. The summed E-state index contributed by atoms with van der Waals surface area (Å²) in [5.74, 6) is -0.574. The van der Waals surface area contributed by atoms with Gasteiger partial charge in [-0.1, -0.05) is 0 Å². The summed E-state index contributed by atoms with van der Waals surface area (Å²) in [6.45, 7) is 4.78. The minimum absolute atomic E-state index is 0.244. The number of primary amides is 1. The van der Waals surface area contributed by atoms with Gasteiger partial charge in [-0.25, -0.2) is 14.4 Å². The van der Waals surface area contributed by atoms with Gasteiger partial charge in [-0.2, -0.15) is 0 Å². The van der Waals surface area contributed by atoms with E-state index in [-0.39, 0.29) is 12.1 Å². The van der Waals surface area contributed by atoms with Crippen molar-refractivity contribution in [3.05, 3.63) is 47.9 Å². The number of aromatic nitrogens is 3. The Hall–Kier alpha value is -3.53. The number of aliphatic hydroxyl groups is 1. The Balaban J connectivity index is 1.91. The molecule has 9 nitrogen and oxygen atoms in total. The van der Waals surface area contributed by atoms with Crippen LogP contribution in [0, 0.1) is 0 Å². The lowest BCUT2D eigenvalue weighted by molar-refractivity contribution is -0.00177. The standard InChI is InChI=1S/C21H25FN6O3/c1-4-24-15-8-17(25-10-14(15)20(30)27-11-16(22)21(2,3)31)28-6-5-12-7-13(18(23)29)9-26-19(12)28/h5-10,16,31H,4,11H2,1-3H3,(H2,23,29)(H,24,25)(H,27,30)/t16-/m1/s1. The molecule has 0 saturated heterocycles. The van der Waals surface area contributed by atoms with E-state index in [2.05, 4.69) is 20.6 Å². The molecule has 1 atom stereocenters. The van der Waals surface area contributed by atoms with Crippen LogP contribution in [0.15, 0.2) is 36.8 Å². The van der Waals surface area contributed by atoms with Crippen LogP contribution in [0.4, 0.5) is 10.1 Å². The molecule has 31 heavy (non-hydrogen) atoms. The fraction of sp³-hybridized carbons (Fsp3) is 0.333. The highest BCUT2D eigenvalue weighted by Crippen LogP contribution is 2.23. The van der Waals surface area contributed by atoms with Crippen molar-refractivity contribution in [2.75, 3.05) is 18.4 Å². The number of nitrogens with one attached hydrogen (secondary N) is 2. The van der Waals surface area contributed by atoms with E-state index >= 15 is 0 Å². The third kappa shape index (κ3) is 4.80. The van der Waals surface area contributed by atoms with Gasteiger partial charge in [0.15, 0.2) is 0 Å². The van der Waals surface area contributed by atoms with Gasteiger partial charge >= 0.3 is 0 Å². The van der Waals surface area contributed by atoms with E-state index in [0.717, 1.165) is 0 Å². The van der Waals surface area contributed by atoms with Crippen LogP contribution in [0.2, 0.25) is 0 Å². The number of nitrogens with two attached hydrogens (primary N) is 1. The molecule has 0 unspecified atom stereocenters. The maximum Gasteiger partial charge on any atom is 0.255 e. The van der Waals surface area contributed by atoms with Crippen molar-refractivity contribution in [2.24, 2.45) is 5.73 Å². The third-order valence-corrected chi connectivity index (χ3v) is 4.77. The van der Waals surface area contributed by atoms with Gasteiger partial charge in [0.2, 0.25) is 5.91 Å². The Morgan fingerprint density at radius 1 is 1.29 bits per heavy atom. The summed E-state index contributed by atoms with van der Waals surface area (Å²) in [6, 6.07) is 5.11. The van der Waals surface area contributed by atoms with Crippen LogP contribution in [0.3, 0.4) is 0 Å². The minimum atomic E-state index is -1.62. The number of amides is 2. The summed E-state index contributed by atoms with van der Waals surface area (Å²) in [7, 11) is 0. The van der Waals surface area contributed by atoms with Crippen molar-refractivity contribution in [1.29, 1.82) is 0 Å². The van der Waals surface area contributed by atoms with Gasteiger partial charge in [-0.15, -0.1) is 0 Å². The van der Waals surface area contributed by atoms with Crippen LogP contribution < -0.4 is 16.4 Å². The van der Waals surface area contributed by atoms with Crippen molar-refractivity contribution in [3.8, 4) is 5.82 Å². The number of hydrogen-bond donors (Lipinski definition) is 4. The second-order valence-electron chi connectivity index (χ2n) is 7.64. The maximum atomic E-state index is 14.0. The lowest BCUT2D eigenvalue weighted by atomic mass is 10.0. The summed E-state index contributed by atoms with van der Waals surface area (Å²) in [4.78, 5) is 32.6. The van der Waals surface area contributed by atoms with E-state index in [1.54, 1.807) is 29.0 Å². The molecule has 3 rings (SSSR count). The van der Waals surface area contributed by atoms with E-state index in [1.807, 2.05) is 6.92 Å². The molecule has 0 aliphatic heterocycles. The predicted octanol–water partition coefficient (Wildman–Crippen LogP) is 1.79. The highest BCUT2D eigenvalue weighted by atomic mass is 19.1. The second kappa shape index (κ2) is 8.68. The quantitative estimate of drug-likeness (QED) is 0.432. The normalized spacial score (nSPS) is 12.5. The Morgan fingerprint density at radius 2 is 2.03 bits per heavy atom. The zero-order chi connectivity index (χ0) is 22.8. The van der Waals surface area contributed by atoms with E-state index in [9.17, 15) is 19.1 Å². The van der Waals surface area contributed by atoms with Crippen LogP contribution in [-0.2, 0) is 0 Å². The Bertz CT molecular complexity index is 1120. The molecule has 0 spiro atoms. The van der Waals surface area contributed by atoms with Crippen LogP contribution in [0.5, 0.6) is 0 Å². The average molecular weight is 428 g/mol. The lowest BCUT2D eigenvalue weighted by Crippen LogP contribution is -2.42. The number of anilines is 1. The number of nitrogens with zero attached hydrogens (tertiary/aromatic N) is 3.